The van der Waals surface area contributed by atoms with Crippen molar-refractivity contribution in [2.24, 2.45) is 0 Å². The second-order valence-corrected chi connectivity index (χ2v) is 6.69. The van der Waals surface area contributed by atoms with Crippen LogP contribution in [0.4, 0.5) is 4.39 Å². The Balaban J connectivity index is 1.65. The third-order valence-electron chi connectivity index (χ3n) is 4.89. The van der Waals surface area contributed by atoms with E-state index in [4.69, 9.17) is 9.51 Å². The molecule has 27 heavy (non-hydrogen) atoms. The molecule has 0 aliphatic carbocycles. The highest BCUT2D eigenvalue weighted by Gasteiger charge is 2.32. The van der Waals surface area contributed by atoms with Gasteiger partial charge in [-0.05, 0) is 51.0 Å². The highest BCUT2D eigenvalue weighted by molar-refractivity contribution is 5.94. The number of hydrogen-bond acceptors (Lipinski definition) is 5. The standard InChI is InChI=1S/C20H19FN4O2/c1-12-19(13(2)27-24-12)17-11-22-10-16(23-17)18-4-3-9-25(18)20(26)14-5-7-15(21)8-6-14/h5-8,10-11,18H,3-4,9H2,1-2H3. The highest BCUT2D eigenvalue weighted by atomic mass is 19.1. The number of carbonyl (C=O) groups is 1. The molecule has 6 nitrogen and oxygen atoms in total. The number of amides is 1. The molecule has 2 aromatic heterocycles. The molecule has 1 aromatic carbocycles. The first-order valence-electron chi connectivity index (χ1n) is 8.86. The molecule has 1 atom stereocenters. The molecule has 0 bridgehead atoms. The third kappa shape index (κ3) is 3.20. The number of likely N-dealkylation sites (tertiary alicyclic amines) is 1. The van der Waals surface area contributed by atoms with Crippen LogP contribution < -0.4 is 0 Å². The van der Waals surface area contributed by atoms with E-state index in [9.17, 15) is 9.18 Å². The zero-order valence-electron chi connectivity index (χ0n) is 15.1. The van der Waals surface area contributed by atoms with E-state index in [1.165, 1.54) is 24.3 Å². The lowest BCUT2D eigenvalue weighted by atomic mass is 10.1. The molecule has 1 aliphatic heterocycles. The van der Waals surface area contributed by atoms with Crippen molar-refractivity contribution in [3.05, 3.63) is 65.2 Å². The maximum atomic E-state index is 13.2. The van der Waals surface area contributed by atoms with Gasteiger partial charge >= 0.3 is 0 Å². The first-order chi connectivity index (χ1) is 13.0. The third-order valence-corrected chi connectivity index (χ3v) is 4.89. The summed E-state index contributed by atoms with van der Waals surface area (Å²) in [6.07, 6.45) is 5.07. The maximum absolute atomic E-state index is 13.2. The molecule has 138 valence electrons. The van der Waals surface area contributed by atoms with Gasteiger partial charge in [-0.25, -0.2) is 9.37 Å². The lowest BCUT2D eigenvalue weighted by Crippen LogP contribution is -2.31. The fourth-order valence-corrected chi connectivity index (χ4v) is 3.59. The first-order valence-corrected chi connectivity index (χ1v) is 8.86. The molecule has 1 fully saturated rings. The molecular weight excluding hydrogens is 347 g/mol. The van der Waals surface area contributed by atoms with Gasteiger partial charge in [0.1, 0.15) is 11.6 Å². The average molecular weight is 366 g/mol. The van der Waals surface area contributed by atoms with E-state index in [0.717, 1.165) is 29.8 Å². The minimum atomic E-state index is -0.359. The Morgan fingerprint density at radius 3 is 2.70 bits per heavy atom. The lowest BCUT2D eigenvalue weighted by molar-refractivity contribution is 0.0732. The van der Waals surface area contributed by atoms with Crippen molar-refractivity contribution in [2.75, 3.05) is 6.54 Å². The van der Waals surface area contributed by atoms with Gasteiger partial charge < -0.3 is 9.42 Å². The van der Waals surface area contributed by atoms with Gasteiger partial charge in [0.25, 0.3) is 5.91 Å². The Hall–Kier alpha value is -3.09. The first kappa shape index (κ1) is 17.3. The largest absolute Gasteiger partial charge is 0.361 e. The van der Waals surface area contributed by atoms with Gasteiger partial charge in [0.2, 0.25) is 0 Å². The fourth-order valence-electron chi connectivity index (χ4n) is 3.59. The smallest absolute Gasteiger partial charge is 0.254 e. The Morgan fingerprint density at radius 2 is 2.00 bits per heavy atom. The van der Waals surface area contributed by atoms with Gasteiger partial charge in [0, 0.05) is 12.1 Å². The van der Waals surface area contributed by atoms with Crippen molar-refractivity contribution in [2.45, 2.75) is 32.7 Å². The van der Waals surface area contributed by atoms with E-state index < -0.39 is 0 Å². The van der Waals surface area contributed by atoms with Crippen LogP contribution in [-0.2, 0) is 0 Å². The fraction of sp³-hybridized carbons (Fsp3) is 0.300. The molecule has 1 unspecified atom stereocenters. The van der Waals surface area contributed by atoms with Crippen LogP contribution in [0.3, 0.4) is 0 Å². The summed E-state index contributed by atoms with van der Waals surface area (Å²) in [5, 5.41) is 3.97. The van der Waals surface area contributed by atoms with Crippen LogP contribution in [0.1, 0.15) is 46.4 Å². The quantitative estimate of drug-likeness (QED) is 0.704. The van der Waals surface area contributed by atoms with E-state index in [1.54, 1.807) is 17.3 Å². The number of halogens is 1. The number of aryl methyl sites for hydroxylation is 2. The summed E-state index contributed by atoms with van der Waals surface area (Å²) in [6.45, 7) is 4.34. The van der Waals surface area contributed by atoms with E-state index in [2.05, 4.69) is 10.1 Å². The van der Waals surface area contributed by atoms with Gasteiger partial charge in [-0.3, -0.25) is 9.78 Å². The van der Waals surface area contributed by atoms with Gasteiger partial charge in [0.05, 0.1) is 41.1 Å². The number of benzene rings is 1. The van der Waals surface area contributed by atoms with Crippen molar-refractivity contribution in [3.63, 3.8) is 0 Å². The molecular formula is C20H19FN4O2. The van der Waals surface area contributed by atoms with E-state index in [0.29, 0.717) is 23.6 Å². The van der Waals surface area contributed by atoms with E-state index >= 15 is 0 Å². The van der Waals surface area contributed by atoms with Crippen LogP contribution in [0.25, 0.3) is 11.3 Å². The van der Waals surface area contributed by atoms with Crippen molar-refractivity contribution in [1.29, 1.82) is 0 Å². The van der Waals surface area contributed by atoms with Crippen molar-refractivity contribution < 1.29 is 13.7 Å². The zero-order valence-corrected chi connectivity index (χ0v) is 15.1. The minimum Gasteiger partial charge on any atom is -0.361 e. The van der Waals surface area contributed by atoms with Gasteiger partial charge in [-0.1, -0.05) is 5.16 Å². The number of carbonyl (C=O) groups excluding carboxylic acids is 1. The molecule has 3 aromatic rings. The van der Waals surface area contributed by atoms with Crippen molar-refractivity contribution in [1.82, 2.24) is 20.0 Å². The lowest BCUT2D eigenvalue weighted by Gasteiger charge is -2.24. The zero-order chi connectivity index (χ0) is 19.0. The predicted octanol–water partition coefficient (Wildman–Crippen LogP) is 3.86. The summed E-state index contributed by atoms with van der Waals surface area (Å²) >= 11 is 0. The van der Waals surface area contributed by atoms with Crippen LogP contribution >= 0.6 is 0 Å². The predicted molar refractivity (Wildman–Crippen MR) is 96.4 cm³/mol. The molecule has 4 rings (SSSR count). The Kier molecular flexibility index (Phi) is 4.43. The Labute approximate surface area is 156 Å². The van der Waals surface area contributed by atoms with Crippen LogP contribution in [-0.4, -0.2) is 32.5 Å². The van der Waals surface area contributed by atoms with E-state index in [-0.39, 0.29) is 17.8 Å². The highest BCUT2D eigenvalue weighted by Crippen LogP contribution is 2.33. The Bertz CT molecular complexity index is 964. The molecule has 0 radical (unpaired) electrons. The van der Waals surface area contributed by atoms with Crippen LogP contribution in [0, 0.1) is 19.7 Å². The summed E-state index contributed by atoms with van der Waals surface area (Å²) in [5.41, 5.74) is 3.48. The molecule has 1 saturated heterocycles. The molecule has 1 amide bonds. The molecule has 0 saturated carbocycles. The SMILES string of the molecule is Cc1noc(C)c1-c1cncc(C2CCCN2C(=O)c2ccc(F)cc2)n1. The van der Waals surface area contributed by atoms with Crippen LogP contribution in [0.5, 0.6) is 0 Å². The topological polar surface area (TPSA) is 72.1 Å². The van der Waals surface area contributed by atoms with Crippen LogP contribution in [0.15, 0.2) is 41.2 Å². The maximum Gasteiger partial charge on any atom is 0.254 e. The van der Waals surface area contributed by atoms with Crippen molar-refractivity contribution >= 4 is 5.91 Å². The number of nitrogens with zero attached hydrogens (tertiary/aromatic N) is 4. The Morgan fingerprint density at radius 1 is 1.22 bits per heavy atom. The number of rotatable bonds is 3. The number of hydrogen-bond donors (Lipinski definition) is 0. The summed E-state index contributed by atoms with van der Waals surface area (Å²) in [5.74, 6) is 0.203. The molecule has 0 N–H and O–H groups in total. The van der Waals surface area contributed by atoms with Gasteiger partial charge in [0.15, 0.2) is 0 Å². The molecule has 7 heteroatoms. The average Bonchev–Trinajstić information content (AvgIpc) is 3.29. The summed E-state index contributed by atoms with van der Waals surface area (Å²) < 4.78 is 18.4. The molecule has 3 heterocycles. The summed E-state index contributed by atoms with van der Waals surface area (Å²) in [7, 11) is 0. The normalized spacial score (nSPS) is 16.7. The van der Waals surface area contributed by atoms with Gasteiger partial charge in [-0.2, -0.15) is 0 Å². The summed E-state index contributed by atoms with van der Waals surface area (Å²) in [6, 6.07) is 5.47. The monoisotopic (exact) mass is 366 g/mol. The molecule has 1 aliphatic rings. The van der Waals surface area contributed by atoms with E-state index in [1.807, 2.05) is 13.8 Å². The second-order valence-electron chi connectivity index (χ2n) is 6.69. The summed E-state index contributed by atoms with van der Waals surface area (Å²) in [4.78, 5) is 23.7. The number of aromatic nitrogens is 3. The van der Waals surface area contributed by atoms with Crippen molar-refractivity contribution in [3.8, 4) is 11.3 Å². The second kappa shape index (κ2) is 6.90. The van der Waals surface area contributed by atoms with Crippen LogP contribution in [0.2, 0.25) is 0 Å². The minimum absolute atomic E-state index is 0.123. The molecule has 0 spiro atoms. The van der Waals surface area contributed by atoms with Gasteiger partial charge in [-0.15, -0.1) is 0 Å².